The third-order valence-corrected chi connectivity index (χ3v) is 5.24. The molecule has 1 heterocycles. The molecule has 2 aromatic carbocycles. The van der Waals surface area contributed by atoms with E-state index in [1.807, 2.05) is 0 Å². The first kappa shape index (κ1) is 19.8. The van der Waals surface area contributed by atoms with E-state index in [2.05, 4.69) is 25.6 Å². The molecule has 148 valence electrons. The Labute approximate surface area is 166 Å². The molecule has 0 spiro atoms. The summed E-state index contributed by atoms with van der Waals surface area (Å²) in [7, 11) is -3.68. The lowest BCUT2D eigenvalue weighted by atomic mass is 10.3. The molecule has 0 radical (unpaired) electrons. The Kier molecular flexibility index (Phi) is 6.06. The average Bonchev–Trinajstić information content (AvgIpc) is 2.69. The number of carbonyl (C=O) groups is 1. The highest BCUT2D eigenvalue weighted by atomic mass is 31.2. The molecule has 3 rings (SSSR count). The van der Waals surface area contributed by atoms with Crippen LogP contribution in [-0.2, 0) is 4.57 Å². The molecule has 0 fully saturated rings. The average molecular weight is 412 g/mol. The molecule has 29 heavy (non-hydrogen) atoms. The second kappa shape index (κ2) is 8.85. The zero-order chi connectivity index (χ0) is 20.7. The van der Waals surface area contributed by atoms with Gasteiger partial charge in [-0.2, -0.15) is 0 Å². The van der Waals surface area contributed by atoms with Crippen LogP contribution in [0.15, 0.2) is 79.0 Å². The SMILES string of the molecule is O=C(Nc1ccc([N+](=O)[O-])cn1)NP(=O)(Nc1ccccc1)Nc1ccccc1. The Morgan fingerprint density at radius 2 is 1.45 bits per heavy atom. The topological polar surface area (TPSA) is 138 Å². The number of hydrogen-bond donors (Lipinski definition) is 4. The van der Waals surface area contributed by atoms with Crippen molar-refractivity contribution < 1.29 is 14.3 Å². The van der Waals surface area contributed by atoms with Crippen LogP contribution in [0.2, 0.25) is 0 Å². The number of nitrogens with zero attached hydrogens (tertiary/aromatic N) is 2. The van der Waals surface area contributed by atoms with Crippen LogP contribution < -0.4 is 20.6 Å². The number of para-hydroxylation sites is 2. The highest BCUT2D eigenvalue weighted by Crippen LogP contribution is 2.41. The highest BCUT2D eigenvalue weighted by Gasteiger charge is 2.25. The van der Waals surface area contributed by atoms with Gasteiger partial charge in [0.25, 0.3) is 5.69 Å². The van der Waals surface area contributed by atoms with E-state index in [1.54, 1.807) is 60.7 Å². The van der Waals surface area contributed by atoms with Gasteiger partial charge < -0.3 is 10.2 Å². The summed E-state index contributed by atoms with van der Waals surface area (Å²) in [5.41, 5.74) is 0.860. The van der Waals surface area contributed by atoms with Crippen molar-refractivity contribution in [1.82, 2.24) is 10.1 Å². The van der Waals surface area contributed by atoms with E-state index in [9.17, 15) is 19.5 Å². The normalized spacial score (nSPS) is 10.6. The summed E-state index contributed by atoms with van der Waals surface area (Å²) >= 11 is 0. The largest absolute Gasteiger partial charge is 0.356 e. The summed E-state index contributed by atoms with van der Waals surface area (Å²) in [4.78, 5) is 26.3. The van der Waals surface area contributed by atoms with E-state index in [4.69, 9.17) is 0 Å². The van der Waals surface area contributed by atoms with Crippen LogP contribution in [0.25, 0.3) is 0 Å². The van der Waals surface area contributed by atoms with Crippen LogP contribution in [0.5, 0.6) is 0 Å². The molecule has 0 saturated heterocycles. The summed E-state index contributed by atoms with van der Waals surface area (Å²) in [6.45, 7) is 0. The van der Waals surface area contributed by atoms with E-state index in [-0.39, 0.29) is 11.5 Å². The van der Waals surface area contributed by atoms with Crippen LogP contribution >= 0.6 is 7.59 Å². The van der Waals surface area contributed by atoms with Gasteiger partial charge in [-0.15, -0.1) is 0 Å². The number of hydrogen-bond acceptors (Lipinski definition) is 5. The number of amides is 2. The Hall–Kier alpha value is -3.91. The van der Waals surface area contributed by atoms with Gasteiger partial charge in [0.1, 0.15) is 12.0 Å². The monoisotopic (exact) mass is 412 g/mol. The van der Waals surface area contributed by atoms with Crippen LogP contribution in [-0.4, -0.2) is 15.9 Å². The number of nitrogens with one attached hydrogen (secondary N) is 4. The van der Waals surface area contributed by atoms with Crippen molar-refractivity contribution in [3.63, 3.8) is 0 Å². The summed E-state index contributed by atoms with van der Waals surface area (Å²) < 4.78 is 13.4. The molecule has 11 heteroatoms. The lowest BCUT2D eigenvalue weighted by Crippen LogP contribution is -2.31. The lowest BCUT2D eigenvalue weighted by molar-refractivity contribution is -0.385. The van der Waals surface area contributed by atoms with Gasteiger partial charge in [-0.05, 0) is 30.3 Å². The van der Waals surface area contributed by atoms with Crippen molar-refractivity contribution in [3.05, 3.63) is 89.1 Å². The van der Waals surface area contributed by atoms with Gasteiger partial charge in [-0.25, -0.2) is 9.78 Å². The van der Waals surface area contributed by atoms with Gasteiger partial charge in [-0.1, -0.05) is 36.4 Å². The van der Waals surface area contributed by atoms with Gasteiger partial charge in [0.15, 0.2) is 0 Å². The quantitative estimate of drug-likeness (QED) is 0.256. The van der Waals surface area contributed by atoms with Crippen molar-refractivity contribution in [1.29, 1.82) is 0 Å². The van der Waals surface area contributed by atoms with Crippen molar-refractivity contribution in [2.24, 2.45) is 0 Å². The number of carbonyl (C=O) groups excluding carboxylic acids is 1. The predicted octanol–water partition coefficient (Wildman–Crippen LogP) is 4.44. The van der Waals surface area contributed by atoms with Crippen LogP contribution in [0, 0.1) is 10.1 Å². The first-order chi connectivity index (χ1) is 13.9. The summed E-state index contributed by atoms with van der Waals surface area (Å²) in [5, 5.41) is 21.1. The van der Waals surface area contributed by atoms with Gasteiger partial charge in [0.2, 0.25) is 0 Å². The lowest BCUT2D eigenvalue weighted by Gasteiger charge is -2.23. The van der Waals surface area contributed by atoms with Crippen molar-refractivity contribution in [2.75, 3.05) is 15.5 Å². The predicted molar refractivity (Wildman–Crippen MR) is 111 cm³/mol. The van der Waals surface area contributed by atoms with Gasteiger partial charge in [0.05, 0.1) is 4.92 Å². The first-order valence-corrected chi connectivity index (χ1v) is 10.1. The molecule has 0 saturated carbocycles. The van der Waals surface area contributed by atoms with Gasteiger partial charge >= 0.3 is 13.6 Å². The fourth-order valence-corrected chi connectivity index (χ4v) is 3.86. The maximum atomic E-state index is 13.4. The number of pyridine rings is 1. The molecule has 0 bridgehead atoms. The minimum absolute atomic E-state index is 0.0686. The van der Waals surface area contributed by atoms with Gasteiger partial charge in [-0.3, -0.25) is 25.1 Å². The van der Waals surface area contributed by atoms with E-state index in [1.165, 1.54) is 12.1 Å². The Balaban J connectivity index is 1.75. The van der Waals surface area contributed by atoms with Gasteiger partial charge in [0, 0.05) is 17.4 Å². The van der Waals surface area contributed by atoms with Crippen LogP contribution in [0.3, 0.4) is 0 Å². The summed E-state index contributed by atoms with van der Waals surface area (Å²) in [6, 6.07) is 19.1. The Morgan fingerprint density at radius 3 is 1.90 bits per heavy atom. The molecule has 1 aromatic heterocycles. The summed E-state index contributed by atoms with van der Waals surface area (Å²) in [5.74, 6) is 0.0686. The van der Waals surface area contributed by atoms with Crippen LogP contribution in [0.4, 0.5) is 27.7 Å². The number of benzene rings is 2. The minimum atomic E-state index is -3.68. The standard InChI is InChI=1S/C18H17N6O4P/c25-18(20-17-12-11-16(13-19-17)24(26)27)23-29(28,21-14-7-3-1-4-8-14)22-15-9-5-2-6-10-15/h1-13H,(H4,19,20,21,22,23,25,28). The van der Waals surface area contributed by atoms with E-state index < -0.39 is 18.5 Å². The summed E-state index contributed by atoms with van der Waals surface area (Å²) in [6.07, 6.45) is 1.01. The van der Waals surface area contributed by atoms with E-state index in [0.717, 1.165) is 6.20 Å². The van der Waals surface area contributed by atoms with Crippen molar-refractivity contribution in [3.8, 4) is 0 Å². The molecule has 0 aliphatic carbocycles. The van der Waals surface area contributed by atoms with E-state index in [0.29, 0.717) is 11.4 Å². The molecule has 2 amide bonds. The van der Waals surface area contributed by atoms with Crippen molar-refractivity contribution >= 4 is 36.5 Å². The molecular formula is C18H17N6O4P. The number of urea groups is 1. The number of aromatic nitrogens is 1. The number of nitro groups is 1. The molecule has 4 N–H and O–H groups in total. The third-order valence-electron chi connectivity index (χ3n) is 3.58. The fourth-order valence-electron chi connectivity index (χ4n) is 2.33. The maximum Gasteiger partial charge on any atom is 0.356 e. The van der Waals surface area contributed by atoms with Crippen LogP contribution in [0.1, 0.15) is 0 Å². The first-order valence-electron chi connectivity index (χ1n) is 8.40. The zero-order valence-electron chi connectivity index (χ0n) is 15.0. The number of rotatable bonds is 7. The Bertz CT molecular complexity index is 986. The second-order valence-electron chi connectivity index (χ2n) is 5.79. The molecule has 0 aliphatic rings. The molecule has 3 aromatic rings. The smallest absolute Gasteiger partial charge is 0.304 e. The molecule has 10 nitrogen and oxygen atoms in total. The van der Waals surface area contributed by atoms with Crippen molar-refractivity contribution in [2.45, 2.75) is 0 Å². The fraction of sp³-hybridized carbons (Fsp3) is 0. The zero-order valence-corrected chi connectivity index (χ0v) is 15.9. The maximum absolute atomic E-state index is 13.4. The molecule has 0 atom stereocenters. The highest BCUT2D eigenvalue weighted by molar-refractivity contribution is 7.65. The Morgan fingerprint density at radius 1 is 0.897 bits per heavy atom. The second-order valence-corrected chi connectivity index (χ2v) is 7.68. The molecular weight excluding hydrogens is 395 g/mol. The minimum Gasteiger partial charge on any atom is -0.304 e. The molecule has 0 unspecified atom stereocenters. The molecule has 0 aliphatic heterocycles. The third kappa shape index (κ3) is 5.78. The van der Waals surface area contributed by atoms with E-state index >= 15 is 0 Å². The number of anilines is 3.